The van der Waals surface area contributed by atoms with Crippen molar-refractivity contribution >= 4 is 28.9 Å². The van der Waals surface area contributed by atoms with Crippen LogP contribution in [0.25, 0.3) is 0 Å². The second-order valence-corrected chi connectivity index (χ2v) is 7.08. The molecule has 0 aliphatic carbocycles. The Morgan fingerprint density at radius 3 is 2.70 bits per heavy atom. The molecule has 1 heterocycles. The predicted octanol–water partition coefficient (Wildman–Crippen LogP) is 1.97. The quantitative estimate of drug-likeness (QED) is 0.790. The van der Waals surface area contributed by atoms with Crippen molar-refractivity contribution in [1.29, 1.82) is 0 Å². The van der Waals surface area contributed by atoms with Crippen LogP contribution in [-0.4, -0.2) is 45.8 Å². The van der Waals surface area contributed by atoms with E-state index in [0.717, 1.165) is 29.4 Å². The average Bonchev–Trinajstić information content (AvgIpc) is 2.66. The first-order valence-electron chi connectivity index (χ1n) is 9.00. The van der Waals surface area contributed by atoms with E-state index < -0.39 is 0 Å². The van der Waals surface area contributed by atoms with Crippen LogP contribution in [0.15, 0.2) is 42.5 Å². The fourth-order valence-corrected chi connectivity index (χ4v) is 3.42. The highest BCUT2D eigenvalue weighted by Gasteiger charge is 2.18. The van der Waals surface area contributed by atoms with Gasteiger partial charge in [-0.1, -0.05) is 29.8 Å². The zero-order valence-corrected chi connectivity index (χ0v) is 16.1. The van der Waals surface area contributed by atoms with Gasteiger partial charge in [-0.2, -0.15) is 0 Å². The first kappa shape index (κ1) is 19.6. The highest BCUT2D eigenvalue weighted by Crippen LogP contribution is 2.26. The number of rotatable bonds is 6. The van der Waals surface area contributed by atoms with Gasteiger partial charge in [0.2, 0.25) is 0 Å². The molecule has 2 aromatic carbocycles. The Morgan fingerprint density at radius 1 is 1.22 bits per heavy atom. The van der Waals surface area contributed by atoms with Crippen LogP contribution in [0.5, 0.6) is 0 Å². The van der Waals surface area contributed by atoms with Crippen LogP contribution >= 0.6 is 11.6 Å². The third-order valence-electron chi connectivity index (χ3n) is 4.53. The third-order valence-corrected chi connectivity index (χ3v) is 4.89. The molecule has 2 aromatic rings. The Labute approximate surface area is 163 Å². The number of carbonyl (C=O) groups is 1. The summed E-state index contributed by atoms with van der Waals surface area (Å²) in [7, 11) is 1.84. The van der Waals surface area contributed by atoms with Crippen LogP contribution in [0, 0.1) is 5.82 Å². The van der Waals surface area contributed by atoms with Gasteiger partial charge in [0.15, 0.2) is 6.54 Å². The standard InChI is InChI=1S/C20H23ClFN3O2/c1-24(13-15-16(21)5-4-6-17(15)22)14-20(26)23-18-7-2-3-8-19(18)25-9-11-27-12-10-25/h2-8H,9-14H2,1H3,(H,23,26)/p+1. The molecule has 1 unspecified atom stereocenters. The zero-order chi connectivity index (χ0) is 19.2. The van der Waals surface area contributed by atoms with Gasteiger partial charge in [0, 0.05) is 13.1 Å². The number of hydrogen-bond donors (Lipinski definition) is 2. The van der Waals surface area contributed by atoms with Crippen LogP contribution in [0.4, 0.5) is 15.8 Å². The fourth-order valence-electron chi connectivity index (χ4n) is 3.19. The second kappa shape index (κ2) is 9.17. The average molecular weight is 393 g/mol. The summed E-state index contributed by atoms with van der Waals surface area (Å²) in [6.07, 6.45) is 0. The van der Waals surface area contributed by atoms with Crippen molar-refractivity contribution in [3.63, 3.8) is 0 Å². The van der Waals surface area contributed by atoms with Gasteiger partial charge < -0.3 is 19.9 Å². The molecule has 1 aliphatic rings. The SMILES string of the molecule is C[NH+](CC(=O)Nc1ccccc1N1CCOCC1)Cc1c(F)cccc1Cl. The number of amides is 1. The highest BCUT2D eigenvalue weighted by atomic mass is 35.5. The van der Waals surface area contributed by atoms with Gasteiger partial charge in [-0.05, 0) is 24.3 Å². The van der Waals surface area contributed by atoms with Crippen molar-refractivity contribution in [2.24, 2.45) is 0 Å². The Bertz CT molecular complexity index is 776. The van der Waals surface area contributed by atoms with Gasteiger partial charge in [0.1, 0.15) is 12.4 Å². The summed E-state index contributed by atoms with van der Waals surface area (Å²) in [4.78, 5) is 15.6. The Morgan fingerprint density at radius 2 is 1.96 bits per heavy atom. The first-order chi connectivity index (χ1) is 13.0. The van der Waals surface area contributed by atoms with E-state index in [1.165, 1.54) is 6.07 Å². The molecular weight excluding hydrogens is 369 g/mol. The van der Waals surface area contributed by atoms with Gasteiger partial charge in [0.05, 0.1) is 42.2 Å². The summed E-state index contributed by atoms with van der Waals surface area (Å²) in [6.45, 7) is 3.50. The van der Waals surface area contributed by atoms with Gasteiger partial charge in [-0.25, -0.2) is 4.39 Å². The van der Waals surface area contributed by atoms with Crippen LogP contribution in [0.1, 0.15) is 5.56 Å². The maximum atomic E-state index is 13.9. The molecule has 3 rings (SSSR count). The summed E-state index contributed by atoms with van der Waals surface area (Å²) < 4.78 is 19.3. The van der Waals surface area contributed by atoms with E-state index in [1.54, 1.807) is 12.1 Å². The van der Waals surface area contributed by atoms with Gasteiger partial charge in [-0.3, -0.25) is 4.79 Å². The summed E-state index contributed by atoms with van der Waals surface area (Å²) in [5.74, 6) is -0.472. The number of hydrogen-bond acceptors (Lipinski definition) is 3. The summed E-state index contributed by atoms with van der Waals surface area (Å²) in [5, 5.41) is 3.37. The topological polar surface area (TPSA) is 46.0 Å². The van der Waals surface area contributed by atoms with Crippen molar-refractivity contribution in [1.82, 2.24) is 0 Å². The van der Waals surface area contributed by atoms with E-state index in [2.05, 4.69) is 10.2 Å². The lowest BCUT2D eigenvalue weighted by atomic mass is 10.2. The van der Waals surface area contributed by atoms with E-state index in [4.69, 9.17) is 16.3 Å². The van der Waals surface area contributed by atoms with E-state index in [1.807, 2.05) is 31.3 Å². The maximum Gasteiger partial charge on any atom is 0.279 e. The smallest absolute Gasteiger partial charge is 0.279 e. The summed E-state index contributed by atoms with van der Waals surface area (Å²) >= 11 is 6.08. The number of halogens is 2. The highest BCUT2D eigenvalue weighted by molar-refractivity contribution is 6.31. The number of quaternary nitrogens is 1. The predicted molar refractivity (Wildman–Crippen MR) is 105 cm³/mol. The van der Waals surface area contributed by atoms with Crippen molar-refractivity contribution in [2.75, 3.05) is 50.1 Å². The normalized spacial score (nSPS) is 15.4. The lowest BCUT2D eigenvalue weighted by molar-refractivity contribution is -0.885. The lowest BCUT2D eigenvalue weighted by Crippen LogP contribution is -3.08. The lowest BCUT2D eigenvalue weighted by Gasteiger charge is -2.30. The molecule has 0 spiro atoms. The monoisotopic (exact) mass is 392 g/mol. The molecule has 0 bridgehead atoms. The molecule has 5 nitrogen and oxygen atoms in total. The zero-order valence-electron chi connectivity index (χ0n) is 15.3. The minimum atomic E-state index is -0.347. The van der Waals surface area contributed by atoms with Crippen molar-refractivity contribution < 1.29 is 18.8 Å². The number of carbonyl (C=O) groups excluding carboxylic acids is 1. The molecule has 1 atom stereocenters. The minimum absolute atomic E-state index is 0.124. The van der Waals surface area contributed by atoms with Crippen molar-refractivity contribution in [2.45, 2.75) is 6.54 Å². The Kier molecular flexibility index (Phi) is 6.66. The third kappa shape index (κ3) is 5.19. The molecular formula is C20H24ClFN3O2+. The largest absolute Gasteiger partial charge is 0.378 e. The number of benzene rings is 2. The Hall–Kier alpha value is -2.15. The minimum Gasteiger partial charge on any atom is -0.378 e. The molecule has 7 heteroatoms. The first-order valence-corrected chi connectivity index (χ1v) is 9.38. The fraction of sp³-hybridized carbons (Fsp3) is 0.350. The van der Waals surface area contributed by atoms with E-state index in [-0.39, 0.29) is 18.3 Å². The molecule has 1 saturated heterocycles. The molecule has 1 aliphatic heterocycles. The van der Waals surface area contributed by atoms with E-state index >= 15 is 0 Å². The summed E-state index contributed by atoms with van der Waals surface area (Å²) in [5.41, 5.74) is 2.20. The Balaban J connectivity index is 1.62. The van der Waals surface area contributed by atoms with Crippen LogP contribution < -0.4 is 15.1 Å². The number of morpholine rings is 1. The van der Waals surface area contributed by atoms with E-state index in [0.29, 0.717) is 30.3 Å². The number of ether oxygens (including phenoxy) is 1. The molecule has 144 valence electrons. The van der Waals surface area contributed by atoms with Crippen LogP contribution in [-0.2, 0) is 16.1 Å². The molecule has 1 fully saturated rings. The van der Waals surface area contributed by atoms with Crippen molar-refractivity contribution in [3.8, 4) is 0 Å². The maximum absolute atomic E-state index is 13.9. The number of likely N-dealkylation sites (N-methyl/N-ethyl adjacent to an activating group) is 1. The van der Waals surface area contributed by atoms with Gasteiger partial charge in [-0.15, -0.1) is 0 Å². The molecule has 1 amide bonds. The molecule has 0 saturated carbocycles. The molecule has 27 heavy (non-hydrogen) atoms. The molecule has 0 radical (unpaired) electrons. The van der Waals surface area contributed by atoms with E-state index in [9.17, 15) is 9.18 Å². The van der Waals surface area contributed by atoms with Gasteiger partial charge >= 0.3 is 0 Å². The van der Waals surface area contributed by atoms with Crippen LogP contribution in [0.2, 0.25) is 5.02 Å². The number of para-hydroxylation sites is 2. The van der Waals surface area contributed by atoms with Gasteiger partial charge in [0.25, 0.3) is 5.91 Å². The number of anilines is 2. The van der Waals surface area contributed by atoms with Crippen molar-refractivity contribution in [3.05, 3.63) is 58.9 Å². The number of nitrogens with one attached hydrogen (secondary N) is 2. The molecule has 0 aromatic heterocycles. The number of nitrogens with zero attached hydrogens (tertiary/aromatic N) is 1. The second-order valence-electron chi connectivity index (χ2n) is 6.68. The van der Waals surface area contributed by atoms with Crippen LogP contribution in [0.3, 0.4) is 0 Å². The summed E-state index contributed by atoms with van der Waals surface area (Å²) in [6, 6.07) is 12.4. The molecule has 2 N–H and O–H groups in total.